The van der Waals surface area contributed by atoms with Gasteiger partial charge in [-0.15, -0.1) is 0 Å². The molecule has 1 aromatic rings. The molecule has 1 saturated heterocycles. The number of aryl methyl sites for hydroxylation is 1. The Morgan fingerprint density at radius 1 is 1.36 bits per heavy atom. The summed E-state index contributed by atoms with van der Waals surface area (Å²) in [7, 11) is 0. The minimum atomic E-state index is -0.899. The third-order valence-electron chi connectivity index (χ3n) is 3.90. The molecule has 0 bridgehead atoms. The summed E-state index contributed by atoms with van der Waals surface area (Å²) in [6.07, 6.45) is 3.23. The van der Waals surface area contributed by atoms with Gasteiger partial charge in [-0.05, 0) is 50.3 Å². The van der Waals surface area contributed by atoms with E-state index in [1.165, 1.54) is 4.90 Å². The van der Waals surface area contributed by atoms with Gasteiger partial charge in [0.1, 0.15) is 11.8 Å². The molecule has 2 rings (SSSR count). The van der Waals surface area contributed by atoms with E-state index < -0.39 is 12.0 Å². The lowest BCUT2D eigenvalue weighted by atomic mass is 10.0. The molecular weight excluding hydrogens is 282 g/mol. The van der Waals surface area contributed by atoms with Crippen LogP contribution in [0, 0.1) is 6.92 Å². The van der Waals surface area contributed by atoms with E-state index in [9.17, 15) is 14.7 Å². The van der Waals surface area contributed by atoms with Crippen molar-refractivity contribution < 1.29 is 19.4 Å². The quantitative estimate of drug-likeness (QED) is 0.820. The standard InChI is InChI=1S/C17H23NO4/c1-13-6-4-7-14(12-13)22-11-5-9-16(19)18-10-3-2-8-15(18)17(20)21/h4,6-7,12,15H,2-3,5,8-11H2,1H3,(H,20,21)/t15-/m1/s1. The lowest BCUT2D eigenvalue weighted by Crippen LogP contribution is -2.47. The normalized spacial score (nSPS) is 18.0. The number of benzene rings is 1. The Hall–Kier alpha value is -2.04. The summed E-state index contributed by atoms with van der Waals surface area (Å²) in [6.45, 7) is 3.01. The number of carboxylic acid groups (broad SMARTS) is 1. The van der Waals surface area contributed by atoms with Crippen LogP contribution < -0.4 is 4.74 Å². The number of piperidine rings is 1. The largest absolute Gasteiger partial charge is 0.494 e. The Morgan fingerprint density at radius 3 is 2.91 bits per heavy atom. The van der Waals surface area contributed by atoms with Crippen LogP contribution in [0.5, 0.6) is 5.75 Å². The van der Waals surface area contributed by atoms with Gasteiger partial charge in [-0.1, -0.05) is 12.1 Å². The minimum Gasteiger partial charge on any atom is -0.494 e. The van der Waals surface area contributed by atoms with Crippen molar-refractivity contribution in [2.75, 3.05) is 13.2 Å². The van der Waals surface area contributed by atoms with Gasteiger partial charge in [0, 0.05) is 13.0 Å². The van der Waals surface area contributed by atoms with Crippen molar-refractivity contribution in [2.24, 2.45) is 0 Å². The maximum Gasteiger partial charge on any atom is 0.326 e. The first-order chi connectivity index (χ1) is 10.6. The van der Waals surface area contributed by atoms with Crippen LogP contribution in [-0.4, -0.2) is 41.1 Å². The summed E-state index contributed by atoms with van der Waals surface area (Å²) in [5.74, 6) is -0.183. The lowest BCUT2D eigenvalue weighted by molar-refractivity contribution is -0.152. The molecule has 1 aromatic carbocycles. The SMILES string of the molecule is Cc1cccc(OCCCC(=O)N2CCCC[C@@H]2C(=O)O)c1. The fraction of sp³-hybridized carbons (Fsp3) is 0.529. The Morgan fingerprint density at radius 2 is 2.18 bits per heavy atom. The van der Waals surface area contributed by atoms with E-state index in [0.717, 1.165) is 24.2 Å². The second kappa shape index (κ2) is 7.82. The Labute approximate surface area is 130 Å². The molecule has 120 valence electrons. The average Bonchev–Trinajstić information content (AvgIpc) is 2.51. The summed E-state index contributed by atoms with van der Waals surface area (Å²) in [6, 6.07) is 7.12. The van der Waals surface area contributed by atoms with Crippen molar-refractivity contribution in [1.29, 1.82) is 0 Å². The van der Waals surface area contributed by atoms with Gasteiger partial charge < -0.3 is 14.7 Å². The molecule has 5 heteroatoms. The van der Waals surface area contributed by atoms with Crippen molar-refractivity contribution >= 4 is 11.9 Å². The molecule has 1 fully saturated rings. The molecule has 0 unspecified atom stereocenters. The number of ether oxygens (including phenoxy) is 1. The van der Waals surface area contributed by atoms with Crippen molar-refractivity contribution in [2.45, 2.75) is 45.1 Å². The number of carbonyl (C=O) groups is 2. The second-order valence-electron chi connectivity index (χ2n) is 5.71. The molecule has 0 aromatic heterocycles. The number of nitrogens with zero attached hydrogens (tertiary/aromatic N) is 1. The predicted molar refractivity (Wildman–Crippen MR) is 82.9 cm³/mol. The number of likely N-dealkylation sites (tertiary alicyclic amines) is 1. The number of aliphatic carboxylic acids is 1. The number of carboxylic acids is 1. The molecule has 0 saturated carbocycles. The van der Waals surface area contributed by atoms with Gasteiger partial charge in [0.15, 0.2) is 0 Å². The van der Waals surface area contributed by atoms with Gasteiger partial charge in [0.05, 0.1) is 6.61 Å². The smallest absolute Gasteiger partial charge is 0.326 e. The van der Waals surface area contributed by atoms with Gasteiger partial charge in [-0.3, -0.25) is 4.79 Å². The molecule has 1 N–H and O–H groups in total. The lowest BCUT2D eigenvalue weighted by Gasteiger charge is -2.33. The zero-order valence-electron chi connectivity index (χ0n) is 13.0. The van der Waals surface area contributed by atoms with Crippen LogP contribution in [0.25, 0.3) is 0 Å². The number of carbonyl (C=O) groups excluding carboxylic acids is 1. The topological polar surface area (TPSA) is 66.8 Å². The maximum atomic E-state index is 12.2. The molecule has 0 spiro atoms. The van der Waals surface area contributed by atoms with Gasteiger partial charge in [0.2, 0.25) is 5.91 Å². The number of rotatable bonds is 6. The third-order valence-corrected chi connectivity index (χ3v) is 3.90. The van der Waals surface area contributed by atoms with Gasteiger partial charge in [-0.25, -0.2) is 4.79 Å². The van der Waals surface area contributed by atoms with Crippen molar-refractivity contribution in [1.82, 2.24) is 4.90 Å². The monoisotopic (exact) mass is 305 g/mol. The average molecular weight is 305 g/mol. The van der Waals surface area contributed by atoms with E-state index >= 15 is 0 Å². The predicted octanol–water partition coefficient (Wildman–Crippen LogP) is 2.62. The molecule has 1 aliphatic rings. The Kier molecular flexibility index (Phi) is 5.81. The molecule has 1 heterocycles. The van der Waals surface area contributed by atoms with E-state index in [1.807, 2.05) is 31.2 Å². The van der Waals surface area contributed by atoms with Crippen LogP contribution in [0.15, 0.2) is 24.3 Å². The molecule has 1 atom stereocenters. The van der Waals surface area contributed by atoms with Crippen LogP contribution in [0.4, 0.5) is 0 Å². The molecular formula is C17H23NO4. The summed E-state index contributed by atoms with van der Waals surface area (Å²) in [5.41, 5.74) is 1.13. The Balaban J connectivity index is 1.76. The summed E-state index contributed by atoms with van der Waals surface area (Å²) >= 11 is 0. The first-order valence-electron chi connectivity index (χ1n) is 7.79. The zero-order valence-corrected chi connectivity index (χ0v) is 13.0. The van der Waals surface area contributed by atoms with Gasteiger partial charge in [-0.2, -0.15) is 0 Å². The molecule has 1 aliphatic heterocycles. The van der Waals surface area contributed by atoms with Crippen LogP contribution in [0.2, 0.25) is 0 Å². The van der Waals surface area contributed by atoms with Crippen LogP contribution in [0.1, 0.15) is 37.7 Å². The van der Waals surface area contributed by atoms with E-state index in [2.05, 4.69) is 0 Å². The van der Waals surface area contributed by atoms with Crippen molar-refractivity contribution in [3.05, 3.63) is 29.8 Å². The highest BCUT2D eigenvalue weighted by Gasteiger charge is 2.31. The van der Waals surface area contributed by atoms with E-state index in [0.29, 0.717) is 32.4 Å². The zero-order chi connectivity index (χ0) is 15.9. The van der Waals surface area contributed by atoms with Gasteiger partial charge in [0.25, 0.3) is 0 Å². The van der Waals surface area contributed by atoms with Crippen LogP contribution in [0.3, 0.4) is 0 Å². The summed E-state index contributed by atoms with van der Waals surface area (Å²) in [5, 5.41) is 9.19. The van der Waals surface area contributed by atoms with Crippen LogP contribution in [-0.2, 0) is 9.59 Å². The maximum absolute atomic E-state index is 12.2. The van der Waals surface area contributed by atoms with E-state index in [4.69, 9.17) is 4.74 Å². The Bertz CT molecular complexity index is 529. The number of hydrogen-bond acceptors (Lipinski definition) is 3. The number of amides is 1. The highest BCUT2D eigenvalue weighted by Crippen LogP contribution is 2.19. The fourth-order valence-electron chi connectivity index (χ4n) is 2.75. The highest BCUT2D eigenvalue weighted by atomic mass is 16.5. The molecule has 22 heavy (non-hydrogen) atoms. The first kappa shape index (κ1) is 16.3. The molecule has 1 amide bonds. The fourth-order valence-corrected chi connectivity index (χ4v) is 2.75. The van der Waals surface area contributed by atoms with E-state index in [1.54, 1.807) is 0 Å². The second-order valence-corrected chi connectivity index (χ2v) is 5.71. The van der Waals surface area contributed by atoms with Gasteiger partial charge >= 0.3 is 5.97 Å². The van der Waals surface area contributed by atoms with Crippen molar-refractivity contribution in [3.63, 3.8) is 0 Å². The third kappa shape index (κ3) is 4.48. The first-order valence-corrected chi connectivity index (χ1v) is 7.79. The highest BCUT2D eigenvalue weighted by molar-refractivity contribution is 5.83. The van der Waals surface area contributed by atoms with Crippen LogP contribution >= 0.6 is 0 Å². The molecule has 0 radical (unpaired) electrons. The summed E-state index contributed by atoms with van der Waals surface area (Å²) < 4.78 is 5.61. The number of hydrogen-bond donors (Lipinski definition) is 1. The minimum absolute atomic E-state index is 0.0834. The van der Waals surface area contributed by atoms with Crippen molar-refractivity contribution in [3.8, 4) is 5.75 Å². The molecule has 0 aliphatic carbocycles. The van der Waals surface area contributed by atoms with E-state index in [-0.39, 0.29) is 5.91 Å². The molecule has 5 nitrogen and oxygen atoms in total. The summed E-state index contributed by atoms with van der Waals surface area (Å²) in [4.78, 5) is 24.9.